The van der Waals surface area contributed by atoms with Crippen molar-refractivity contribution in [1.82, 2.24) is 4.98 Å². The van der Waals surface area contributed by atoms with Gasteiger partial charge in [0.15, 0.2) is 0 Å². The zero-order valence-electron chi connectivity index (χ0n) is 10.9. The Hall–Kier alpha value is -1.63. The predicted molar refractivity (Wildman–Crippen MR) is 82.5 cm³/mol. The molecule has 110 valence electrons. The van der Waals surface area contributed by atoms with Crippen molar-refractivity contribution in [2.24, 2.45) is 0 Å². The molecule has 2 aromatic heterocycles. The maximum atomic E-state index is 12.1. The lowest BCUT2D eigenvalue weighted by molar-refractivity contribution is 0.0528. The molecule has 0 saturated heterocycles. The normalized spacial score (nSPS) is 10.2. The number of hydrogen-bond acceptors (Lipinski definition) is 5. The molecule has 0 aliphatic heterocycles. The van der Waals surface area contributed by atoms with Gasteiger partial charge in [-0.15, -0.1) is 11.3 Å². The Balaban J connectivity index is 2.20. The monoisotopic (exact) mass is 344 g/mol. The molecule has 0 spiro atoms. The van der Waals surface area contributed by atoms with Crippen LogP contribution < -0.4 is 5.32 Å². The van der Waals surface area contributed by atoms with E-state index in [1.165, 1.54) is 23.5 Å². The Morgan fingerprint density at radius 2 is 2.00 bits per heavy atom. The Kier molecular flexibility index (Phi) is 5.17. The van der Waals surface area contributed by atoms with Gasteiger partial charge < -0.3 is 10.1 Å². The number of nitrogens with zero attached hydrogens (tertiary/aromatic N) is 1. The van der Waals surface area contributed by atoms with Crippen LogP contribution in [0.3, 0.4) is 0 Å². The first-order valence-corrected chi connectivity index (χ1v) is 7.54. The van der Waals surface area contributed by atoms with Crippen molar-refractivity contribution >= 4 is 51.4 Å². The summed E-state index contributed by atoms with van der Waals surface area (Å²) in [5.74, 6) is -0.922. The minimum Gasteiger partial charge on any atom is -0.462 e. The SMILES string of the molecule is CCOC(=O)c1ccsc1NC(=O)c1cc(Cl)nc(Cl)c1. The zero-order chi connectivity index (χ0) is 15.4. The molecule has 0 fully saturated rings. The number of halogens is 2. The molecule has 2 rings (SSSR count). The summed E-state index contributed by atoms with van der Waals surface area (Å²) in [6, 6.07) is 4.37. The molecular weight excluding hydrogens is 335 g/mol. The fourth-order valence-corrected chi connectivity index (χ4v) is 2.78. The quantitative estimate of drug-likeness (QED) is 0.674. The number of nitrogens with one attached hydrogen (secondary N) is 1. The molecule has 21 heavy (non-hydrogen) atoms. The smallest absolute Gasteiger partial charge is 0.341 e. The van der Waals surface area contributed by atoms with Gasteiger partial charge in [0, 0.05) is 5.56 Å². The van der Waals surface area contributed by atoms with Crippen molar-refractivity contribution in [3.63, 3.8) is 0 Å². The van der Waals surface area contributed by atoms with E-state index in [-0.39, 0.29) is 22.5 Å². The number of esters is 1. The van der Waals surface area contributed by atoms with E-state index in [2.05, 4.69) is 10.3 Å². The highest BCUT2D eigenvalue weighted by Gasteiger charge is 2.17. The number of anilines is 1. The highest BCUT2D eigenvalue weighted by atomic mass is 35.5. The van der Waals surface area contributed by atoms with Crippen molar-refractivity contribution in [2.75, 3.05) is 11.9 Å². The third kappa shape index (κ3) is 3.93. The molecule has 8 heteroatoms. The third-order valence-electron chi connectivity index (χ3n) is 2.41. The van der Waals surface area contributed by atoms with Crippen molar-refractivity contribution in [1.29, 1.82) is 0 Å². The first kappa shape index (κ1) is 15.8. The highest BCUT2D eigenvalue weighted by molar-refractivity contribution is 7.14. The maximum Gasteiger partial charge on any atom is 0.341 e. The van der Waals surface area contributed by atoms with Crippen molar-refractivity contribution in [2.45, 2.75) is 6.92 Å². The maximum absolute atomic E-state index is 12.1. The van der Waals surface area contributed by atoms with Crippen LogP contribution in [-0.4, -0.2) is 23.5 Å². The Morgan fingerprint density at radius 3 is 2.62 bits per heavy atom. The van der Waals surface area contributed by atoms with Crippen LogP contribution in [0.1, 0.15) is 27.6 Å². The lowest BCUT2D eigenvalue weighted by Crippen LogP contribution is -2.14. The number of hydrogen-bond donors (Lipinski definition) is 1. The summed E-state index contributed by atoms with van der Waals surface area (Å²) in [4.78, 5) is 27.6. The molecule has 0 saturated carbocycles. The molecule has 0 aliphatic rings. The predicted octanol–water partition coefficient (Wildman–Crippen LogP) is 3.88. The molecule has 1 N–H and O–H groups in total. The van der Waals surface area contributed by atoms with Gasteiger partial charge in [0.2, 0.25) is 0 Å². The minimum absolute atomic E-state index is 0.115. The van der Waals surface area contributed by atoms with Gasteiger partial charge in [-0.05, 0) is 30.5 Å². The van der Waals surface area contributed by atoms with Gasteiger partial charge in [0.1, 0.15) is 15.3 Å². The molecule has 0 aromatic carbocycles. The van der Waals surface area contributed by atoms with Crippen LogP contribution in [0, 0.1) is 0 Å². The van der Waals surface area contributed by atoms with Gasteiger partial charge in [-0.1, -0.05) is 23.2 Å². The summed E-state index contributed by atoms with van der Waals surface area (Å²) in [5, 5.41) is 4.96. The molecule has 0 aliphatic carbocycles. The van der Waals surface area contributed by atoms with E-state index < -0.39 is 11.9 Å². The molecule has 1 amide bonds. The lowest BCUT2D eigenvalue weighted by Gasteiger charge is -2.06. The van der Waals surface area contributed by atoms with E-state index in [0.29, 0.717) is 10.6 Å². The second kappa shape index (κ2) is 6.89. The van der Waals surface area contributed by atoms with Crippen LogP contribution in [0.15, 0.2) is 23.6 Å². The number of pyridine rings is 1. The summed E-state index contributed by atoms with van der Waals surface area (Å²) in [6.07, 6.45) is 0. The molecular formula is C13H10Cl2N2O3S. The molecule has 0 radical (unpaired) electrons. The summed E-state index contributed by atoms with van der Waals surface area (Å²) < 4.78 is 4.92. The van der Waals surface area contributed by atoms with E-state index in [9.17, 15) is 9.59 Å². The number of ether oxygens (including phenoxy) is 1. The molecule has 5 nitrogen and oxygen atoms in total. The van der Waals surface area contributed by atoms with Gasteiger partial charge in [0.25, 0.3) is 5.91 Å². The molecule has 0 bridgehead atoms. The number of amides is 1. The number of thiophene rings is 1. The van der Waals surface area contributed by atoms with E-state index >= 15 is 0 Å². The number of aromatic nitrogens is 1. The van der Waals surface area contributed by atoms with E-state index in [1.54, 1.807) is 18.4 Å². The van der Waals surface area contributed by atoms with Crippen LogP contribution >= 0.6 is 34.5 Å². The van der Waals surface area contributed by atoms with Crippen LogP contribution in [0.5, 0.6) is 0 Å². The molecule has 2 heterocycles. The number of carbonyl (C=O) groups is 2. The van der Waals surface area contributed by atoms with Gasteiger partial charge in [-0.2, -0.15) is 0 Å². The summed E-state index contributed by atoms with van der Waals surface area (Å²) >= 11 is 12.7. The van der Waals surface area contributed by atoms with Crippen molar-refractivity contribution in [3.05, 3.63) is 45.0 Å². The Bertz CT molecular complexity index is 668. The summed E-state index contributed by atoms with van der Waals surface area (Å²) in [6.45, 7) is 1.97. The van der Waals surface area contributed by atoms with Crippen LogP contribution in [0.25, 0.3) is 0 Å². The van der Waals surface area contributed by atoms with Crippen molar-refractivity contribution in [3.8, 4) is 0 Å². The van der Waals surface area contributed by atoms with E-state index in [4.69, 9.17) is 27.9 Å². The average Bonchev–Trinajstić information content (AvgIpc) is 2.86. The molecule has 0 unspecified atom stereocenters. The van der Waals surface area contributed by atoms with Crippen molar-refractivity contribution < 1.29 is 14.3 Å². The average molecular weight is 345 g/mol. The fraction of sp³-hybridized carbons (Fsp3) is 0.154. The topological polar surface area (TPSA) is 68.3 Å². The van der Waals surface area contributed by atoms with Crippen LogP contribution in [0.2, 0.25) is 10.3 Å². The van der Waals surface area contributed by atoms with E-state index in [1.807, 2.05) is 0 Å². The van der Waals surface area contributed by atoms with Gasteiger partial charge >= 0.3 is 5.97 Å². The standard InChI is InChI=1S/C13H10Cl2N2O3S/c1-2-20-13(19)8-3-4-21-12(8)17-11(18)7-5-9(14)16-10(15)6-7/h3-6H,2H2,1H3,(H,17,18). The van der Waals surface area contributed by atoms with Gasteiger partial charge in [-0.25, -0.2) is 9.78 Å². The zero-order valence-corrected chi connectivity index (χ0v) is 13.2. The second-order valence-corrected chi connectivity index (χ2v) is 5.53. The second-order valence-electron chi connectivity index (χ2n) is 3.84. The number of carbonyl (C=O) groups excluding carboxylic acids is 2. The summed E-state index contributed by atoms with van der Waals surface area (Å²) in [7, 11) is 0. The summed E-state index contributed by atoms with van der Waals surface area (Å²) in [5.41, 5.74) is 0.560. The van der Waals surface area contributed by atoms with Crippen LogP contribution in [-0.2, 0) is 4.74 Å². The molecule has 0 atom stereocenters. The fourth-order valence-electron chi connectivity index (χ4n) is 1.55. The Morgan fingerprint density at radius 1 is 1.33 bits per heavy atom. The molecule has 2 aromatic rings. The first-order valence-electron chi connectivity index (χ1n) is 5.90. The van der Waals surface area contributed by atoms with Gasteiger partial charge in [-0.3, -0.25) is 4.79 Å². The third-order valence-corrected chi connectivity index (χ3v) is 3.63. The lowest BCUT2D eigenvalue weighted by atomic mass is 10.2. The largest absolute Gasteiger partial charge is 0.462 e. The first-order chi connectivity index (χ1) is 10.0. The van der Waals surface area contributed by atoms with Gasteiger partial charge in [0.05, 0.1) is 12.2 Å². The minimum atomic E-state index is -0.486. The highest BCUT2D eigenvalue weighted by Crippen LogP contribution is 2.25. The van der Waals surface area contributed by atoms with Crippen LogP contribution in [0.4, 0.5) is 5.00 Å². The van der Waals surface area contributed by atoms with E-state index in [0.717, 1.165) is 0 Å². The number of rotatable bonds is 4. The Labute approximate surface area is 134 Å².